The van der Waals surface area contributed by atoms with Gasteiger partial charge in [0.25, 0.3) is 0 Å². The molecular formula is C18H13FN2O2. The van der Waals surface area contributed by atoms with Crippen LogP contribution in [0.3, 0.4) is 0 Å². The fourth-order valence-corrected chi connectivity index (χ4v) is 2.90. The van der Waals surface area contributed by atoms with E-state index in [2.05, 4.69) is 5.10 Å². The number of hydrogen-bond acceptors (Lipinski definition) is 1. The maximum atomic E-state index is 13.7. The van der Waals surface area contributed by atoms with Gasteiger partial charge in [-0.25, -0.2) is 9.18 Å². The lowest BCUT2D eigenvalue weighted by molar-refractivity contribution is 0.0699. The third kappa shape index (κ3) is 2.01. The third-order valence-electron chi connectivity index (χ3n) is 4.13. The molecule has 0 saturated heterocycles. The molecule has 0 fully saturated rings. The van der Waals surface area contributed by atoms with E-state index in [0.29, 0.717) is 16.6 Å². The highest BCUT2D eigenvalue weighted by molar-refractivity contribution is 6.10. The number of fused-ring (bicyclic) bond motifs is 3. The number of nitrogens with one attached hydrogen (secondary N) is 1. The van der Waals surface area contributed by atoms with Crippen molar-refractivity contribution in [3.8, 4) is 16.9 Å². The second-order valence-corrected chi connectivity index (χ2v) is 5.59. The summed E-state index contributed by atoms with van der Waals surface area (Å²) in [5, 5.41) is 14.0. The average Bonchev–Trinajstić information content (AvgIpc) is 3.07. The molecule has 2 aliphatic rings. The van der Waals surface area contributed by atoms with Crippen LogP contribution in [0.1, 0.15) is 15.9 Å². The highest BCUT2D eigenvalue weighted by Gasteiger charge is 2.18. The van der Waals surface area contributed by atoms with Gasteiger partial charge >= 0.3 is 5.97 Å². The molecule has 0 unspecified atom stereocenters. The SMILES string of the molecule is Cc1ccc(-n2cc3cc4c(C(=O)O)cccc4c-3[nH]2)cc1F. The number of H-pyrrole nitrogens is 1. The highest BCUT2D eigenvalue weighted by atomic mass is 19.1. The minimum absolute atomic E-state index is 0.262. The molecule has 0 atom stereocenters. The first-order chi connectivity index (χ1) is 11.0. The lowest BCUT2D eigenvalue weighted by Crippen LogP contribution is -1.97. The van der Waals surface area contributed by atoms with Crippen molar-refractivity contribution in [2.75, 3.05) is 0 Å². The molecule has 0 bridgehead atoms. The Hall–Kier alpha value is -3.08. The standard InChI is InChI=1S/C18H13FN2O2/c1-10-5-6-12(8-16(10)19)21-9-11-7-15-13(17(11)20-21)3-2-4-14(15)18(22)23/h2-9,20H,1H3,(H,22,23). The van der Waals surface area contributed by atoms with E-state index in [1.165, 1.54) is 6.07 Å². The summed E-state index contributed by atoms with van der Waals surface area (Å²) in [5.74, 6) is -1.21. The predicted molar refractivity (Wildman–Crippen MR) is 85.9 cm³/mol. The van der Waals surface area contributed by atoms with Crippen molar-refractivity contribution in [1.82, 2.24) is 9.78 Å². The first-order valence-corrected chi connectivity index (χ1v) is 7.17. The topological polar surface area (TPSA) is 58.0 Å². The monoisotopic (exact) mass is 308 g/mol. The molecule has 2 aromatic rings. The second-order valence-electron chi connectivity index (χ2n) is 5.59. The largest absolute Gasteiger partial charge is 0.478 e. The molecule has 0 radical (unpaired) electrons. The quantitative estimate of drug-likeness (QED) is 0.583. The molecule has 0 saturated carbocycles. The van der Waals surface area contributed by atoms with Gasteiger partial charge in [0.2, 0.25) is 0 Å². The zero-order valence-corrected chi connectivity index (χ0v) is 12.3. The second kappa shape index (κ2) is 4.71. The molecule has 0 spiro atoms. The lowest BCUT2D eigenvalue weighted by Gasteiger charge is -2.04. The summed E-state index contributed by atoms with van der Waals surface area (Å²) in [6.07, 6.45) is 1.84. The van der Waals surface area contributed by atoms with Crippen LogP contribution in [-0.2, 0) is 0 Å². The lowest BCUT2D eigenvalue weighted by atomic mass is 10.1. The van der Waals surface area contributed by atoms with Crippen molar-refractivity contribution < 1.29 is 14.3 Å². The van der Waals surface area contributed by atoms with Gasteiger partial charge in [-0.1, -0.05) is 18.2 Å². The average molecular weight is 308 g/mol. The van der Waals surface area contributed by atoms with E-state index < -0.39 is 5.97 Å². The van der Waals surface area contributed by atoms with Crippen LogP contribution in [0.4, 0.5) is 4.39 Å². The Morgan fingerprint density at radius 3 is 2.74 bits per heavy atom. The van der Waals surface area contributed by atoms with E-state index >= 15 is 0 Å². The van der Waals surface area contributed by atoms with Crippen molar-refractivity contribution in [3.63, 3.8) is 0 Å². The minimum Gasteiger partial charge on any atom is -0.478 e. The summed E-state index contributed by atoms with van der Waals surface area (Å²) < 4.78 is 15.5. The summed E-state index contributed by atoms with van der Waals surface area (Å²) in [7, 11) is 0. The minimum atomic E-state index is -0.947. The number of aryl methyl sites for hydroxylation is 1. The number of hydrogen-bond donors (Lipinski definition) is 2. The maximum Gasteiger partial charge on any atom is 0.336 e. The molecule has 1 aliphatic carbocycles. The number of carboxylic acids is 1. The molecule has 23 heavy (non-hydrogen) atoms. The number of rotatable bonds is 2. The first kappa shape index (κ1) is 13.6. The number of nitrogens with zero attached hydrogens (tertiary/aromatic N) is 1. The normalized spacial score (nSPS) is 11.4. The molecule has 2 aromatic carbocycles. The summed E-state index contributed by atoms with van der Waals surface area (Å²) in [5.41, 5.74) is 3.28. The van der Waals surface area contributed by atoms with Crippen LogP contribution in [0, 0.1) is 12.7 Å². The fourth-order valence-electron chi connectivity index (χ4n) is 2.90. The molecule has 2 N–H and O–H groups in total. The summed E-state index contributed by atoms with van der Waals surface area (Å²) in [6, 6.07) is 12.1. The van der Waals surface area contributed by atoms with Crippen LogP contribution in [0.2, 0.25) is 0 Å². The number of carboxylic acid groups (broad SMARTS) is 1. The van der Waals surface area contributed by atoms with Gasteiger partial charge in [-0.15, -0.1) is 0 Å². The van der Waals surface area contributed by atoms with Gasteiger partial charge in [-0.3, -0.25) is 9.78 Å². The molecule has 0 amide bonds. The van der Waals surface area contributed by atoms with Crippen LogP contribution in [0.25, 0.3) is 27.7 Å². The number of aromatic carboxylic acids is 1. The zero-order valence-electron chi connectivity index (χ0n) is 12.3. The van der Waals surface area contributed by atoms with Gasteiger partial charge in [-0.2, -0.15) is 0 Å². The zero-order chi connectivity index (χ0) is 16.1. The van der Waals surface area contributed by atoms with E-state index in [1.807, 2.05) is 24.4 Å². The van der Waals surface area contributed by atoms with Crippen LogP contribution in [0.5, 0.6) is 0 Å². The Balaban J connectivity index is 1.92. The Morgan fingerprint density at radius 1 is 1.17 bits per heavy atom. The van der Waals surface area contributed by atoms with Crippen molar-refractivity contribution in [2.24, 2.45) is 0 Å². The third-order valence-corrected chi connectivity index (χ3v) is 4.13. The van der Waals surface area contributed by atoms with E-state index in [9.17, 15) is 14.3 Å². The predicted octanol–water partition coefficient (Wildman–Crippen LogP) is 4.21. The van der Waals surface area contributed by atoms with E-state index in [0.717, 1.165) is 16.6 Å². The van der Waals surface area contributed by atoms with E-state index in [1.54, 1.807) is 29.8 Å². The maximum absolute atomic E-state index is 13.7. The summed E-state index contributed by atoms with van der Waals surface area (Å²) >= 11 is 0. The molecule has 0 aromatic heterocycles. The highest BCUT2D eigenvalue weighted by Crippen LogP contribution is 2.35. The van der Waals surface area contributed by atoms with Crippen molar-refractivity contribution >= 4 is 16.7 Å². The van der Waals surface area contributed by atoms with Gasteiger partial charge in [0, 0.05) is 17.1 Å². The van der Waals surface area contributed by atoms with Crippen LogP contribution in [-0.4, -0.2) is 20.9 Å². The molecule has 1 aliphatic heterocycles. The summed E-state index contributed by atoms with van der Waals surface area (Å²) in [4.78, 5) is 11.3. The smallest absolute Gasteiger partial charge is 0.336 e. The van der Waals surface area contributed by atoms with Crippen molar-refractivity contribution in [3.05, 3.63) is 65.6 Å². The Labute approximate surface area is 131 Å². The van der Waals surface area contributed by atoms with Crippen molar-refractivity contribution in [2.45, 2.75) is 6.92 Å². The number of carbonyl (C=O) groups is 1. The van der Waals surface area contributed by atoms with Crippen LogP contribution in [0.15, 0.2) is 48.7 Å². The Bertz CT molecular complexity index is 1030. The molecule has 1 heterocycles. The van der Waals surface area contributed by atoms with Gasteiger partial charge in [0.1, 0.15) is 5.82 Å². The summed E-state index contributed by atoms with van der Waals surface area (Å²) in [6.45, 7) is 1.72. The number of benzene rings is 2. The number of halogens is 1. The van der Waals surface area contributed by atoms with Gasteiger partial charge in [0.05, 0.1) is 16.9 Å². The molecule has 5 heteroatoms. The Morgan fingerprint density at radius 2 is 2.00 bits per heavy atom. The first-order valence-electron chi connectivity index (χ1n) is 7.17. The molecule has 4 nitrogen and oxygen atoms in total. The fraction of sp³-hybridized carbons (Fsp3) is 0.0556. The number of aromatic amines is 1. The molecule has 4 rings (SSSR count). The van der Waals surface area contributed by atoms with E-state index in [4.69, 9.17) is 0 Å². The van der Waals surface area contributed by atoms with Gasteiger partial charge in [-0.05, 0) is 42.1 Å². The van der Waals surface area contributed by atoms with Crippen molar-refractivity contribution in [1.29, 1.82) is 0 Å². The van der Waals surface area contributed by atoms with Gasteiger partial charge in [0.15, 0.2) is 0 Å². The van der Waals surface area contributed by atoms with Crippen LogP contribution < -0.4 is 0 Å². The van der Waals surface area contributed by atoms with Crippen LogP contribution >= 0.6 is 0 Å². The number of aromatic nitrogens is 2. The molecular weight excluding hydrogens is 295 g/mol. The van der Waals surface area contributed by atoms with E-state index in [-0.39, 0.29) is 11.4 Å². The Kier molecular flexibility index (Phi) is 2.78. The molecule has 114 valence electrons. The van der Waals surface area contributed by atoms with Gasteiger partial charge < -0.3 is 5.11 Å².